The van der Waals surface area contributed by atoms with Gasteiger partial charge in [-0.1, -0.05) is 23.4 Å². The molecule has 5 nitrogen and oxygen atoms in total. The Kier molecular flexibility index (Phi) is 4.57. The van der Waals surface area contributed by atoms with Gasteiger partial charge in [-0.2, -0.15) is 4.98 Å². The van der Waals surface area contributed by atoms with E-state index in [4.69, 9.17) is 10.3 Å². The van der Waals surface area contributed by atoms with E-state index >= 15 is 0 Å². The Bertz CT molecular complexity index is 514. The van der Waals surface area contributed by atoms with Gasteiger partial charge in [0.1, 0.15) is 0 Å². The van der Waals surface area contributed by atoms with E-state index < -0.39 is 5.60 Å². The summed E-state index contributed by atoms with van der Waals surface area (Å²) in [5.41, 5.74) is 4.45. The van der Waals surface area contributed by atoms with Crippen LogP contribution in [0.15, 0.2) is 39.8 Å². The van der Waals surface area contributed by atoms with Crippen LogP contribution in [-0.2, 0) is 12.2 Å². The first-order valence-corrected chi connectivity index (χ1v) is 6.99. The Morgan fingerprint density at radius 2 is 2.11 bits per heavy atom. The largest absolute Gasteiger partial charge is 0.388 e. The number of nitrogens with zero attached hydrogens (tertiary/aromatic N) is 2. The second-order valence-electron chi connectivity index (χ2n) is 4.58. The quantitative estimate of drug-likeness (QED) is 0.781. The molecule has 1 aromatic carbocycles. The molecule has 1 unspecified atom stereocenters. The van der Waals surface area contributed by atoms with Crippen LogP contribution < -0.4 is 5.73 Å². The molecule has 3 N–H and O–H groups in total. The first-order chi connectivity index (χ1) is 9.09. The molecule has 102 valence electrons. The van der Waals surface area contributed by atoms with Gasteiger partial charge in [0.25, 0.3) is 0 Å². The Labute approximate surface area is 116 Å². The highest BCUT2D eigenvalue weighted by atomic mass is 32.2. The van der Waals surface area contributed by atoms with Crippen LogP contribution in [0.5, 0.6) is 0 Å². The summed E-state index contributed by atoms with van der Waals surface area (Å²) in [6.07, 6.45) is 0.270. The molecule has 0 aliphatic rings. The van der Waals surface area contributed by atoms with E-state index in [0.717, 1.165) is 4.90 Å². The lowest BCUT2D eigenvalue weighted by Crippen LogP contribution is -2.36. The fraction of sp³-hybridized carbons (Fsp3) is 0.385. The number of hydrogen-bond acceptors (Lipinski definition) is 6. The summed E-state index contributed by atoms with van der Waals surface area (Å²) in [7, 11) is 0. The second kappa shape index (κ2) is 6.18. The number of aromatic nitrogens is 2. The molecule has 0 saturated carbocycles. The molecule has 0 radical (unpaired) electrons. The first-order valence-electron chi connectivity index (χ1n) is 6.01. The van der Waals surface area contributed by atoms with Crippen LogP contribution in [0.25, 0.3) is 0 Å². The molecule has 0 fully saturated rings. The van der Waals surface area contributed by atoms with Crippen molar-refractivity contribution in [2.75, 3.05) is 6.54 Å². The van der Waals surface area contributed by atoms with Crippen molar-refractivity contribution >= 4 is 11.8 Å². The molecule has 6 heteroatoms. The minimum atomic E-state index is -1.00. The highest BCUT2D eigenvalue weighted by molar-refractivity contribution is 7.98. The van der Waals surface area contributed by atoms with E-state index in [1.165, 1.54) is 0 Å². The summed E-state index contributed by atoms with van der Waals surface area (Å²) < 4.78 is 5.10. The van der Waals surface area contributed by atoms with Gasteiger partial charge >= 0.3 is 0 Å². The zero-order valence-corrected chi connectivity index (χ0v) is 11.6. The van der Waals surface area contributed by atoms with Gasteiger partial charge in [0.2, 0.25) is 5.89 Å². The third-order valence-corrected chi connectivity index (χ3v) is 3.60. The molecule has 19 heavy (non-hydrogen) atoms. The molecule has 0 bridgehead atoms. The molecular formula is C13H17N3O2S. The van der Waals surface area contributed by atoms with Crippen LogP contribution in [0, 0.1) is 0 Å². The average molecular weight is 279 g/mol. The smallest absolute Gasteiger partial charge is 0.229 e. The summed E-state index contributed by atoms with van der Waals surface area (Å²) in [4.78, 5) is 5.40. The van der Waals surface area contributed by atoms with Crippen LogP contribution in [-0.4, -0.2) is 27.4 Å². The summed E-state index contributed by atoms with van der Waals surface area (Å²) in [6.45, 7) is 1.80. The standard InChI is InChI=1S/C13H17N3O2S/c1-13(17,9-14)7-12-15-11(16-18-12)8-19-10-5-3-2-4-6-10/h2-6,17H,7-9,14H2,1H3. The van der Waals surface area contributed by atoms with E-state index in [2.05, 4.69) is 10.1 Å². The molecule has 1 atom stereocenters. The van der Waals surface area contributed by atoms with Crippen LogP contribution in [0.2, 0.25) is 0 Å². The van der Waals surface area contributed by atoms with Crippen molar-refractivity contribution in [3.8, 4) is 0 Å². The Hall–Kier alpha value is -1.37. The monoisotopic (exact) mass is 279 g/mol. The lowest BCUT2D eigenvalue weighted by Gasteiger charge is -2.17. The Balaban J connectivity index is 1.91. The van der Waals surface area contributed by atoms with Gasteiger partial charge in [0, 0.05) is 11.4 Å². The Morgan fingerprint density at radius 3 is 2.79 bits per heavy atom. The number of benzene rings is 1. The molecule has 0 saturated heterocycles. The number of thioether (sulfide) groups is 1. The maximum absolute atomic E-state index is 9.84. The predicted octanol–water partition coefficient (Wildman–Crippen LogP) is 1.61. The molecule has 0 aliphatic heterocycles. The molecule has 2 rings (SSSR count). The number of hydrogen-bond donors (Lipinski definition) is 2. The molecule has 1 aromatic heterocycles. The predicted molar refractivity (Wildman–Crippen MR) is 73.7 cm³/mol. The van der Waals surface area contributed by atoms with Crippen LogP contribution in [0.3, 0.4) is 0 Å². The van der Waals surface area contributed by atoms with Crippen molar-refractivity contribution in [3.05, 3.63) is 42.0 Å². The van der Waals surface area contributed by atoms with Crippen molar-refractivity contribution in [3.63, 3.8) is 0 Å². The van der Waals surface area contributed by atoms with Gasteiger partial charge < -0.3 is 15.4 Å². The maximum Gasteiger partial charge on any atom is 0.229 e. The number of nitrogens with two attached hydrogens (primary N) is 1. The highest BCUT2D eigenvalue weighted by Crippen LogP contribution is 2.21. The van der Waals surface area contributed by atoms with E-state index in [9.17, 15) is 5.11 Å². The van der Waals surface area contributed by atoms with Crippen LogP contribution >= 0.6 is 11.8 Å². The van der Waals surface area contributed by atoms with Gasteiger partial charge in [-0.25, -0.2) is 0 Å². The van der Waals surface area contributed by atoms with Crippen molar-refractivity contribution in [2.45, 2.75) is 29.6 Å². The van der Waals surface area contributed by atoms with Crippen LogP contribution in [0.4, 0.5) is 0 Å². The van der Waals surface area contributed by atoms with Crippen molar-refractivity contribution in [1.29, 1.82) is 0 Å². The van der Waals surface area contributed by atoms with Crippen molar-refractivity contribution in [1.82, 2.24) is 10.1 Å². The fourth-order valence-electron chi connectivity index (χ4n) is 1.48. The summed E-state index contributed by atoms with van der Waals surface area (Å²) in [5.74, 6) is 1.67. The fourth-order valence-corrected chi connectivity index (χ4v) is 2.25. The molecule has 0 aliphatic carbocycles. The molecule has 2 aromatic rings. The topological polar surface area (TPSA) is 85.2 Å². The van der Waals surface area contributed by atoms with Crippen molar-refractivity contribution < 1.29 is 9.63 Å². The second-order valence-corrected chi connectivity index (χ2v) is 5.63. The summed E-state index contributed by atoms with van der Waals surface area (Å²) in [6, 6.07) is 10.0. The van der Waals surface area contributed by atoms with E-state index in [0.29, 0.717) is 17.5 Å². The zero-order chi connectivity index (χ0) is 13.7. The minimum absolute atomic E-state index is 0.156. The Morgan fingerprint density at radius 1 is 1.37 bits per heavy atom. The van der Waals surface area contributed by atoms with E-state index in [1.54, 1.807) is 18.7 Å². The number of rotatable bonds is 6. The molecular weight excluding hydrogens is 262 g/mol. The lowest BCUT2D eigenvalue weighted by atomic mass is 10.0. The average Bonchev–Trinajstić information content (AvgIpc) is 2.84. The van der Waals surface area contributed by atoms with Crippen LogP contribution in [0.1, 0.15) is 18.6 Å². The lowest BCUT2D eigenvalue weighted by molar-refractivity contribution is 0.0610. The third-order valence-electron chi connectivity index (χ3n) is 2.59. The van der Waals surface area contributed by atoms with Gasteiger partial charge in [0.05, 0.1) is 17.8 Å². The highest BCUT2D eigenvalue weighted by Gasteiger charge is 2.22. The van der Waals surface area contributed by atoms with Gasteiger partial charge in [-0.15, -0.1) is 11.8 Å². The molecule has 0 amide bonds. The van der Waals surface area contributed by atoms with Gasteiger partial charge in [0.15, 0.2) is 5.82 Å². The third kappa shape index (κ3) is 4.34. The van der Waals surface area contributed by atoms with Gasteiger partial charge in [-0.05, 0) is 19.1 Å². The molecule has 0 spiro atoms. The van der Waals surface area contributed by atoms with Crippen molar-refractivity contribution in [2.24, 2.45) is 5.73 Å². The SMILES string of the molecule is CC(O)(CN)Cc1nc(CSc2ccccc2)no1. The van der Waals surface area contributed by atoms with Gasteiger partial charge in [-0.3, -0.25) is 0 Å². The normalized spacial score (nSPS) is 14.3. The maximum atomic E-state index is 9.84. The number of aliphatic hydroxyl groups is 1. The minimum Gasteiger partial charge on any atom is -0.388 e. The first kappa shape index (κ1) is 14.0. The molecule has 1 heterocycles. The summed E-state index contributed by atoms with van der Waals surface area (Å²) in [5, 5.41) is 13.7. The zero-order valence-electron chi connectivity index (χ0n) is 10.7. The van der Waals surface area contributed by atoms with E-state index in [-0.39, 0.29) is 13.0 Å². The van der Waals surface area contributed by atoms with E-state index in [1.807, 2.05) is 30.3 Å². The summed E-state index contributed by atoms with van der Waals surface area (Å²) >= 11 is 1.64.